The van der Waals surface area contributed by atoms with Gasteiger partial charge in [0.05, 0.1) is 29.5 Å². The smallest absolute Gasteiger partial charge is 0.329 e. The van der Waals surface area contributed by atoms with Gasteiger partial charge in [-0.1, -0.05) is 38.3 Å². The number of ether oxygens (including phenoxy) is 1. The number of anilines is 1. The highest BCUT2D eigenvalue weighted by Crippen LogP contribution is 2.30. The minimum absolute atomic E-state index is 0.0945. The maximum absolute atomic E-state index is 13.5. The molecule has 0 spiro atoms. The Kier molecular flexibility index (Phi) is 10.5. The van der Waals surface area contributed by atoms with Crippen LogP contribution in [0, 0.1) is 5.92 Å². The second-order valence-electron chi connectivity index (χ2n) is 14.4. The van der Waals surface area contributed by atoms with Crippen molar-refractivity contribution in [2.45, 2.75) is 103 Å². The van der Waals surface area contributed by atoms with E-state index in [0.29, 0.717) is 61.2 Å². The summed E-state index contributed by atoms with van der Waals surface area (Å²) in [6.07, 6.45) is 11.3. The standard InChI is InChI=1S/C37H47N11O5/c1-23(2)53-35-33(25-19-39-40-20-25)38-21-30-42-36(44-48(30)35)41-26-16-18-45(22-24(26)3)32(50)13-7-5-4-6-10-17-46-27-11-8-9-12-28(27)47(37(46)52)29-14-15-31(49)43-34(29)51/h8-9,11-12,19-21,23-24,26,29H,4-7,10,13-18,22H2,1-3H3,(H,39,40)(H,41,44)(H,43,49,51)/t24-,26+,29?/m1/s1. The van der Waals surface area contributed by atoms with E-state index >= 15 is 0 Å². The Balaban J connectivity index is 0.863. The van der Waals surface area contributed by atoms with E-state index in [0.717, 1.165) is 49.6 Å². The van der Waals surface area contributed by atoms with Crippen molar-refractivity contribution in [1.82, 2.24) is 49.1 Å². The fraction of sp³-hybridized carbons (Fsp3) is 0.514. The number of imide groups is 1. The number of nitrogens with zero attached hydrogens (tertiary/aromatic N) is 8. The molecule has 2 saturated heterocycles. The number of benzene rings is 1. The monoisotopic (exact) mass is 725 g/mol. The molecule has 2 aliphatic heterocycles. The largest absolute Gasteiger partial charge is 0.473 e. The summed E-state index contributed by atoms with van der Waals surface area (Å²) >= 11 is 0. The molecule has 0 radical (unpaired) electrons. The van der Waals surface area contributed by atoms with Crippen LogP contribution < -0.4 is 21.1 Å². The Morgan fingerprint density at radius 2 is 1.83 bits per heavy atom. The molecule has 53 heavy (non-hydrogen) atoms. The van der Waals surface area contributed by atoms with Gasteiger partial charge in [-0.15, -0.1) is 5.10 Å². The van der Waals surface area contributed by atoms with Gasteiger partial charge in [-0.25, -0.2) is 9.78 Å². The van der Waals surface area contributed by atoms with Gasteiger partial charge in [-0.3, -0.25) is 33.9 Å². The molecule has 16 nitrogen and oxygen atoms in total. The van der Waals surface area contributed by atoms with E-state index in [4.69, 9.17) is 9.84 Å². The zero-order chi connectivity index (χ0) is 37.1. The number of H-pyrrole nitrogens is 1. The first kappa shape index (κ1) is 35.8. The molecule has 3 amide bonds. The van der Waals surface area contributed by atoms with E-state index in [1.165, 1.54) is 4.57 Å². The summed E-state index contributed by atoms with van der Waals surface area (Å²) < 4.78 is 11.1. The Morgan fingerprint density at radius 1 is 1.04 bits per heavy atom. The van der Waals surface area contributed by atoms with Gasteiger partial charge in [0.25, 0.3) is 0 Å². The first-order valence-corrected chi connectivity index (χ1v) is 18.7. The summed E-state index contributed by atoms with van der Waals surface area (Å²) in [5.41, 5.74) is 3.26. The molecule has 1 unspecified atom stereocenters. The first-order chi connectivity index (χ1) is 25.7. The number of rotatable bonds is 14. The summed E-state index contributed by atoms with van der Waals surface area (Å²) in [4.78, 5) is 62.1. The maximum Gasteiger partial charge on any atom is 0.329 e. The zero-order valence-corrected chi connectivity index (χ0v) is 30.5. The van der Waals surface area contributed by atoms with Crippen molar-refractivity contribution >= 4 is 40.4 Å². The lowest BCUT2D eigenvalue weighted by molar-refractivity contribution is -0.136. The minimum Gasteiger partial charge on any atom is -0.473 e. The van der Waals surface area contributed by atoms with E-state index in [-0.39, 0.29) is 42.0 Å². The number of fused-ring (bicyclic) bond motifs is 2. The van der Waals surface area contributed by atoms with Crippen molar-refractivity contribution in [3.8, 4) is 17.1 Å². The van der Waals surface area contributed by atoms with E-state index in [2.05, 4.69) is 37.7 Å². The average Bonchev–Trinajstić information content (AvgIpc) is 3.88. The Labute approximate surface area is 306 Å². The van der Waals surface area contributed by atoms with Gasteiger partial charge in [-0.05, 0) is 57.6 Å². The molecule has 2 aliphatic rings. The molecule has 3 N–H and O–H groups in total. The van der Waals surface area contributed by atoms with Crippen LogP contribution in [0.1, 0.15) is 84.6 Å². The van der Waals surface area contributed by atoms with Gasteiger partial charge >= 0.3 is 5.69 Å². The van der Waals surface area contributed by atoms with E-state index in [9.17, 15) is 19.2 Å². The molecule has 1 aromatic carbocycles. The van der Waals surface area contributed by atoms with Gasteiger partial charge in [0.1, 0.15) is 11.7 Å². The molecule has 6 heterocycles. The number of carbonyl (C=O) groups is 3. The van der Waals surface area contributed by atoms with Crippen molar-refractivity contribution in [2.24, 2.45) is 5.92 Å². The second kappa shape index (κ2) is 15.6. The number of hydrogen-bond acceptors (Lipinski definition) is 10. The summed E-state index contributed by atoms with van der Waals surface area (Å²) in [5, 5.41) is 17.5. The SMILES string of the molecule is CC(C)Oc1c(-c2cn[nH]c2)ncc2nc(N[C@H]3CCN(C(=O)CCCCCCCn4c(=O)n(C5CCC(=O)NC5=O)c5ccccc54)C[C@H]3C)nn12. The third kappa shape index (κ3) is 7.66. The highest BCUT2D eigenvalue weighted by Gasteiger charge is 2.32. The molecule has 0 bridgehead atoms. The fourth-order valence-electron chi connectivity index (χ4n) is 7.47. The van der Waals surface area contributed by atoms with Crippen molar-refractivity contribution < 1.29 is 19.1 Å². The van der Waals surface area contributed by atoms with Crippen LogP contribution in [0.2, 0.25) is 0 Å². The summed E-state index contributed by atoms with van der Waals surface area (Å²) in [5.74, 6) is 0.644. The molecule has 2 fully saturated rings. The average molecular weight is 726 g/mol. The van der Waals surface area contributed by atoms with Gasteiger partial charge in [0.2, 0.25) is 29.5 Å². The molecule has 0 saturated carbocycles. The number of aryl methyl sites for hydroxylation is 1. The number of aromatic nitrogens is 8. The molecular weight excluding hydrogens is 678 g/mol. The number of hydrogen-bond donors (Lipinski definition) is 3. The summed E-state index contributed by atoms with van der Waals surface area (Å²) in [6.45, 7) is 7.92. The van der Waals surface area contributed by atoms with Gasteiger partial charge in [0.15, 0.2) is 5.65 Å². The Bertz CT molecular complexity index is 2150. The zero-order valence-electron chi connectivity index (χ0n) is 30.5. The lowest BCUT2D eigenvalue weighted by Gasteiger charge is -2.37. The van der Waals surface area contributed by atoms with Gasteiger partial charge in [-0.2, -0.15) is 14.6 Å². The van der Waals surface area contributed by atoms with E-state index < -0.39 is 11.9 Å². The third-order valence-electron chi connectivity index (χ3n) is 10.2. The number of carbonyl (C=O) groups excluding carboxylic acids is 3. The molecule has 280 valence electrons. The molecule has 0 aliphatic carbocycles. The summed E-state index contributed by atoms with van der Waals surface area (Å²) in [6, 6.07) is 6.90. The van der Waals surface area contributed by atoms with Crippen LogP contribution in [-0.2, 0) is 20.9 Å². The van der Waals surface area contributed by atoms with Gasteiger partial charge in [0, 0.05) is 50.3 Å². The number of imidazole rings is 1. The first-order valence-electron chi connectivity index (χ1n) is 18.7. The molecule has 16 heteroatoms. The molecular formula is C37H47N11O5. The summed E-state index contributed by atoms with van der Waals surface area (Å²) in [7, 11) is 0. The topological polar surface area (TPSA) is 186 Å². The normalized spacial score (nSPS) is 19.3. The van der Waals surface area contributed by atoms with Crippen molar-refractivity contribution in [1.29, 1.82) is 0 Å². The number of aromatic amines is 1. The van der Waals surface area contributed by atoms with Crippen LogP contribution >= 0.6 is 0 Å². The molecule has 7 rings (SSSR count). The van der Waals surface area contributed by atoms with Crippen molar-refractivity contribution in [2.75, 3.05) is 18.4 Å². The van der Waals surface area contributed by atoms with Crippen LogP contribution in [0.5, 0.6) is 5.88 Å². The van der Waals surface area contributed by atoms with E-state index in [1.807, 2.05) is 43.0 Å². The third-order valence-corrected chi connectivity index (χ3v) is 10.2. The van der Waals surface area contributed by atoms with Crippen LogP contribution in [0.15, 0.2) is 47.7 Å². The van der Waals surface area contributed by atoms with Crippen molar-refractivity contribution in [3.63, 3.8) is 0 Å². The lowest BCUT2D eigenvalue weighted by Crippen LogP contribution is -2.47. The number of nitrogens with one attached hydrogen (secondary N) is 3. The molecule has 4 aromatic heterocycles. The number of likely N-dealkylation sites (tertiary alicyclic amines) is 1. The highest BCUT2D eigenvalue weighted by molar-refractivity contribution is 6.00. The minimum atomic E-state index is -0.693. The van der Waals surface area contributed by atoms with E-state index in [1.54, 1.807) is 27.7 Å². The Morgan fingerprint density at radius 3 is 2.58 bits per heavy atom. The Hall–Kier alpha value is -5.54. The predicted octanol–water partition coefficient (Wildman–Crippen LogP) is 4.09. The van der Waals surface area contributed by atoms with Gasteiger partial charge < -0.3 is 15.0 Å². The highest BCUT2D eigenvalue weighted by atomic mass is 16.5. The predicted molar refractivity (Wildman–Crippen MR) is 197 cm³/mol. The quantitative estimate of drug-likeness (QED) is 0.111. The number of piperidine rings is 2. The maximum atomic E-state index is 13.5. The lowest BCUT2D eigenvalue weighted by atomic mass is 9.93. The number of unbranched alkanes of at least 4 members (excludes halogenated alkanes) is 4. The fourth-order valence-corrected chi connectivity index (χ4v) is 7.47. The van der Waals surface area contributed by atoms with Crippen LogP contribution in [0.25, 0.3) is 27.9 Å². The second-order valence-corrected chi connectivity index (χ2v) is 14.4. The number of para-hydroxylation sites is 2. The van der Waals surface area contributed by atoms with Crippen LogP contribution in [-0.4, -0.2) is 86.8 Å². The van der Waals surface area contributed by atoms with Crippen molar-refractivity contribution in [3.05, 3.63) is 53.3 Å². The molecule has 3 atom stereocenters. The number of amides is 3. The van der Waals surface area contributed by atoms with Crippen LogP contribution in [0.4, 0.5) is 5.95 Å². The van der Waals surface area contributed by atoms with Crippen LogP contribution in [0.3, 0.4) is 0 Å². The molecule has 5 aromatic rings.